The number of carbonyl (C=O) groups is 2. The van der Waals surface area contributed by atoms with Gasteiger partial charge in [-0.25, -0.2) is 4.39 Å². The molecule has 0 spiro atoms. The van der Waals surface area contributed by atoms with Crippen LogP contribution in [0, 0.1) is 15.9 Å². The number of anilines is 1. The Morgan fingerprint density at radius 2 is 2.00 bits per heavy atom. The minimum absolute atomic E-state index is 0.0266. The molecule has 2 N–H and O–H groups in total. The summed E-state index contributed by atoms with van der Waals surface area (Å²) in [5.41, 5.74) is -0.0832. The molecule has 178 valence electrons. The van der Waals surface area contributed by atoms with Crippen LogP contribution in [0.2, 0.25) is 5.02 Å². The zero-order valence-electron chi connectivity index (χ0n) is 18.0. The molecule has 0 radical (unpaired) electrons. The summed E-state index contributed by atoms with van der Waals surface area (Å²) in [6.07, 6.45) is 0.358. The van der Waals surface area contributed by atoms with Crippen LogP contribution in [0.25, 0.3) is 0 Å². The molecule has 13 heteroatoms. The molecule has 0 aliphatic rings. The Balaban J connectivity index is 1.55. The van der Waals surface area contributed by atoms with E-state index in [0.717, 1.165) is 11.8 Å². The zero-order chi connectivity index (χ0) is 24.7. The van der Waals surface area contributed by atoms with Gasteiger partial charge in [0.05, 0.1) is 26.9 Å². The molecule has 2 aromatic carbocycles. The summed E-state index contributed by atoms with van der Waals surface area (Å²) >= 11 is 7.15. The van der Waals surface area contributed by atoms with Gasteiger partial charge in [-0.15, -0.1) is 10.2 Å². The maximum atomic E-state index is 13.7. The molecule has 0 aliphatic heterocycles. The zero-order valence-corrected chi connectivity index (χ0v) is 19.5. The highest BCUT2D eigenvalue weighted by molar-refractivity contribution is 7.99. The van der Waals surface area contributed by atoms with E-state index in [1.54, 1.807) is 10.6 Å². The molecule has 2 amide bonds. The van der Waals surface area contributed by atoms with Crippen molar-refractivity contribution in [2.45, 2.75) is 25.0 Å². The molecule has 3 aromatic rings. The van der Waals surface area contributed by atoms with Gasteiger partial charge in [0.25, 0.3) is 11.6 Å². The molecular weight excluding hydrogens is 487 g/mol. The van der Waals surface area contributed by atoms with Crippen LogP contribution in [0.1, 0.15) is 23.1 Å². The van der Waals surface area contributed by atoms with Gasteiger partial charge in [-0.2, -0.15) is 0 Å². The number of nitro benzene ring substituents is 1. The number of hydrogen-bond donors (Lipinski definition) is 2. The van der Waals surface area contributed by atoms with Crippen LogP contribution >= 0.6 is 23.4 Å². The molecule has 0 saturated heterocycles. The molecule has 3 rings (SSSR count). The van der Waals surface area contributed by atoms with Gasteiger partial charge in [-0.1, -0.05) is 35.5 Å². The van der Waals surface area contributed by atoms with Crippen LogP contribution in [0.4, 0.5) is 15.8 Å². The second-order valence-corrected chi connectivity index (χ2v) is 8.24. The van der Waals surface area contributed by atoms with Gasteiger partial charge in [0.15, 0.2) is 5.16 Å². The summed E-state index contributed by atoms with van der Waals surface area (Å²) in [6.45, 7) is 2.64. The first-order chi connectivity index (χ1) is 16.3. The topological polar surface area (TPSA) is 132 Å². The number of rotatable bonds is 10. The largest absolute Gasteiger partial charge is 0.351 e. The first-order valence-corrected chi connectivity index (χ1v) is 11.5. The van der Waals surface area contributed by atoms with Crippen molar-refractivity contribution in [3.8, 4) is 0 Å². The minimum Gasteiger partial charge on any atom is -0.351 e. The summed E-state index contributed by atoms with van der Waals surface area (Å²) in [6, 6.07) is 9.48. The second kappa shape index (κ2) is 11.6. The Morgan fingerprint density at radius 1 is 1.24 bits per heavy atom. The number of thioether (sulfide) groups is 1. The van der Waals surface area contributed by atoms with Crippen LogP contribution in [0.15, 0.2) is 47.6 Å². The van der Waals surface area contributed by atoms with E-state index in [4.69, 9.17) is 11.6 Å². The highest BCUT2D eigenvalue weighted by Crippen LogP contribution is 2.27. The first-order valence-electron chi connectivity index (χ1n) is 10.1. The minimum atomic E-state index is -0.597. The number of amides is 2. The lowest BCUT2D eigenvalue weighted by molar-refractivity contribution is -0.384. The lowest BCUT2D eigenvalue weighted by Crippen LogP contribution is -2.27. The first kappa shape index (κ1) is 25.1. The molecule has 10 nitrogen and oxygen atoms in total. The van der Waals surface area contributed by atoms with Crippen molar-refractivity contribution in [2.24, 2.45) is 0 Å². The number of nitrogens with zero attached hydrogens (tertiary/aromatic N) is 4. The summed E-state index contributed by atoms with van der Waals surface area (Å²) in [5, 5.41) is 25.0. The van der Waals surface area contributed by atoms with Crippen LogP contribution in [0.3, 0.4) is 0 Å². The van der Waals surface area contributed by atoms with Gasteiger partial charge in [-0.3, -0.25) is 19.7 Å². The number of benzene rings is 2. The Hall–Kier alpha value is -3.51. The van der Waals surface area contributed by atoms with Gasteiger partial charge in [0, 0.05) is 31.6 Å². The van der Waals surface area contributed by atoms with E-state index < -0.39 is 22.6 Å². The van der Waals surface area contributed by atoms with Gasteiger partial charge < -0.3 is 15.2 Å². The molecule has 0 atom stereocenters. The fourth-order valence-corrected chi connectivity index (χ4v) is 3.98. The number of hydrogen-bond acceptors (Lipinski definition) is 7. The molecule has 34 heavy (non-hydrogen) atoms. The number of carbonyl (C=O) groups excluding carboxylic acids is 2. The highest BCUT2D eigenvalue weighted by atomic mass is 35.5. The molecule has 0 unspecified atom stereocenters. The summed E-state index contributed by atoms with van der Waals surface area (Å²) < 4.78 is 15.5. The Labute approximate surface area is 203 Å². The van der Waals surface area contributed by atoms with Crippen molar-refractivity contribution in [1.82, 2.24) is 20.1 Å². The molecule has 0 bridgehead atoms. The Bertz CT molecular complexity index is 1220. The molecular formula is C21H20ClFN6O4S. The van der Waals surface area contributed by atoms with Crippen LogP contribution in [0.5, 0.6) is 0 Å². The third kappa shape index (κ3) is 6.29. The molecule has 1 aromatic heterocycles. The third-order valence-corrected chi connectivity index (χ3v) is 5.93. The highest BCUT2D eigenvalue weighted by Gasteiger charge is 2.16. The van der Waals surface area contributed by atoms with E-state index in [9.17, 15) is 24.1 Å². The van der Waals surface area contributed by atoms with Crippen molar-refractivity contribution < 1.29 is 18.9 Å². The SMILES string of the molecule is CCn1c(CCNC(=O)c2ccccc2F)nnc1SCC(=O)Nc1cc([N+](=O)[O-])ccc1Cl. The van der Waals surface area contributed by atoms with E-state index in [0.29, 0.717) is 23.9 Å². The van der Waals surface area contributed by atoms with E-state index in [2.05, 4.69) is 20.8 Å². The fourth-order valence-electron chi connectivity index (χ4n) is 3.00. The van der Waals surface area contributed by atoms with Gasteiger partial charge in [0.2, 0.25) is 5.91 Å². The quantitative estimate of drug-likeness (QED) is 0.243. The van der Waals surface area contributed by atoms with Gasteiger partial charge in [-0.05, 0) is 25.1 Å². The number of non-ortho nitro benzene ring substituents is 1. The van der Waals surface area contributed by atoms with E-state index >= 15 is 0 Å². The maximum Gasteiger partial charge on any atom is 0.271 e. The summed E-state index contributed by atoms with van der Waals surface area (Å²) in [4.78, 5) is 34.8. The summed E-state index contributed by atoms with van der Waals surface area (Å²) in [7, 11) is 0. The van der Waals surface area contributed by atoms with Crippen LogP contribution < -0.4 is 10.6 Å². The lowest BCUT2D eigenvalue weighted by Gasteiger charge is -2.09. The second-order valence-electron chi connectivity index (χ2n) is 6.89. The van der Waals surface area contributed by atoms with Crippen molar-refractivity contribution in [3.05, 3.63) is 74.8 Å². The van der Waals surface area contributed by atoms with Crippen molar-refractivity contribution in [2.75, 3.05) is 17.6 Å². The van der Waals surface area contributed by atoms with E-state index in [1.807, 2.05) is 6.92 Å². The number of nitrogens with one attached hydrogen (secondary N) is 2. The van der Waals surface area contributed by atoms with Crippen LogP contribution in [-0.2, 0) is 17.8 Å². The standard InChI is InChI=1S/C21H20ClFN6O4S/c1-2-28-18(9-10-24-20(31)14-5-3-4-6-16(14)23)26-27-21(28)34-12-19(30)25-17-11-13(29(32)33)7-8-15(17)22/h3-8,11H,2,9-10,12H2,1H3,(H,24,31)(H,25,30). The van der Waals surface area contributed by atoms with E-state index in [1.165, 1.54) is 36.4 Å². The maximum absolute atomic E-state index is 13.7. The van der Waals surface area contributed by atoms with E-state index in [-0.39, 0.29) is 34.3 Å². The molecule has 0 saturated carbocycles. The monoisotopic (exact) mass is 506 g/mol. The van der Waals surface area contributed by atoms with Crippen molar-refractivity contribution in [3.63, 3.8) is 0 Å². The lowest BCUT2D eigenvalue weighted by atomic mass is 10.2. The number of halogens is 2. The smallest absolute Gasteiger partial charge is 0.271 e. The number of aromatic nitrogens is 3. The molecule has 0 aliphatic carbocycles. The third-order valence-electron chi connectivity index (χ3n) is 4.63. The van der Waals surface area contributed by atoms with Crippen molar-refractivity contribution >= 4 is 46.6 Å². The predicted molar refractivity (Wildman–Crippen MR) is 126 cm³/mol. The fraction of sp³-hybridized carbons (Fsp3) is 0.238. The predicted octanol–water partition coefficient (Wildman–Crippen LogP) is 3.70. The Morgan fingerprint density at radius 3 is 2.71 bits per heavy atom. The summed E-state index contributed by atoms with van der Waals surface area (Å²) in [5.74, 6) is -0.967. The average Bonchev–Trinajstić information content (AvgIpc) is 3.20. The molecule has 1 heterocycles. The van der Waals surface area contributed by atoms with Gasteiger partial charge >= 0.3 is 0 Å². The van der Waals surface area contributed by atoms with Gasteiger partial charge in [0.1, 0.15) is 11.6 Å². The average molecular weight is 507 g/mol. The van der Waals surface area contributed by atoms with Crippen molar-refractivity contribution in [1.29, 1.82) is 0 Å². The van der Waals surface area contributed by atoms with Crippen LogP contribution in [-0.4, -0.2) is 43.8 Å². The number of nitro groups is 1. The molecule has 0 fully saturated rings. The Kier molecular flexibility index (Phi) is 8.55. The normalized spacial score (nSPS) is 10.7.